The number of amides is 1. The normalized spacial score (nSPS) is 15.3. The van der Waals surface area contributed by atoms with Crippen LogP contribution in [0.15, 0.2) is 53.7 Å². The van der Waals surface area contributed by atoms with E-state index < -0.39 is 23.1 Å². The second-order valence-corrected chi connectivity index (χ2v) is 11.1. The van der Waals surface area contributed by atoms with Gasteiger partial charge in [-0.25, -0.2) is 9.37 Å². The Labute approximate surface area is 241 Å². The number of phenolic OH excluding ortho intramolecular Hbond substituents is 1. The molecule has 0 bridgehead atoms. The number of halogens is 1. The number of pyridine rings is 1. The summed E-state index contributed by atoms with van der Waals surface area (Å²) in [6, 6.07) is 10.5. The summed E-state index contributed by atoms with van der Waals surface area (Å²) in [5, 5.41) is 20.5. The van der Waals surface area contributed by atoms with E-state index in [9.17, 15) is 24.2 Å². The molecule has 12 heteroatoms. The van der Waals surface area contributed by atoms with Crippen LogP contribution in [0.1, 0.15) is 40.1 Å². The number of carbonyl (C=O) groups excluding carboxylic acids is 2. The van der Waals surface area contributed by atoms with Crippen LogP contribution >= 0.6 is 0 Å². The number of likely N-dealkylation sites (N-methyl/N-ethyl adjacent to an activating group) is 1. The molecule has 5 rings (SSSR count). The predicted octanol–water partition coefficient (Wildman–Crippen LogP) is 3.07. The van der Waals surface area contributed by atoms with Crippen molar-refractivity contribution >= 4 is 23.2 Å². The summed E-state index contributed by atoms with van der Waals surface area (Å²) in [5.74, 6) is -2.35. The molecule has 1 aliphatic heterocycles. The Morgan fingerprint density at radius 2 is 1.93 bits per heavy atom. The Hall–Kier alpha value is -4.39. The molecule has 1 saturated heterocycles. The fraction of sp³-hybridized carbons (Fsp3) is 0.333. The number of aromatic hydroxyl groups is 1. The number of aromatic nitrogens is 3. The van der Waals surface area contributed by atoms with E-state index in [1.807, 2.05) is 12.1 Å². The van der Waals surface area contributed by atoms with Crippen molar-refractivity contribution in [3.05, 3.63) is 76.8 Å². The highest BCUT2D eigenvalue weighted by molar-refractivity contribution is 5.95. The first kappa shape index (κ1) is 29.1. The highest BCUT2D eigenvalue weighted by Crippen LogP contribution is 2.31. The number of carbonyl (C=O) groups is 2. The Morgan fingerprint density at radius 3 is 2.64 bits per heavy atom. The maximum absolute atomic E-state index is 13.8. The van der Waals surface area contributed by atoms with Crippen molar-refractivity contribution in [2.24, 2.45) is 4.99 Å². The van der Waals surface area contributed by atoms with Crippen LogP contribution in [0.25, 0.3) is 11.0 Å². The second kappa shape index (κ2) is 11.8. The quantitative estimate of drug-likeness (QED) is 0.272. The topological polar surface area (TPSA) is 136 Å². The van der Waals surface area contributed by atoms with Gasteiger partial charge in [0.1, 0.15) is 17.3 Å². The molecule has 4 aromatic rings. The third-order valence-corrected chi connectivity index (χ3v) is 7.01. The number of imidazole rings is 1. The highest BCUT2D eigenvalue weighted by Gasteiger charge is 2.20. The number of rotatable bonds is 8. The molecule has 42 heavy (non-hydrogen) atoms. The number of nitrogens with zero attached hydrogens (tertiary/aromatic N) is 5. The molecule has 11 nitrogen and oxygen atoms in total. The van der Waals surface area contributed by atoms with Gasteiger partial charge < -0.3 is 29.4 Å². The maximum Gasteiger partial charge on any atom is 0.280 e. The SMILES string of the molecule is CN1CCN(Cc2ccc3[nH]/c(=N\C(=O)c4ccnc(Oc5cc(F)cc(O)c5C=O)c4)n(CC(C)(C)O)c3c2)CC1. The number of aliphatic hydroxyl groups is 1. The molecule has 1 amide bonds. The summed E-state index contributed by atoms with van der Waals surface area (Å²) in [7, 11) is 2.12. The van der Waals surface area contributed by atoms with Crippen LogP contribution in [-0.2, 0) is 13.1 Å². The molecule has 0 aliphatic carbocycles. The smallest absolute Gasteiger partial charge is 0.280 e. The number of ether oxygens (including phenoxy) is 1. The van der Waals surface area contributed by atoms with E-state index in [0.29, 0.717) is 6.29 Å². The van der Waals surface area contributed by atoms with Crippen molar-refractivity contribution < 1.29 is 28.9 Å². The molecule has 3 heterocycles. The van der Waals surface area contributed by atoms with Gasteiger partial charge in [-0.05, 0) is 44.7 Å². The Balaban J connectivity index is 1.47. The number of aromatic amines is 1. The van der Waals surface area contributed by atoms with Crippen LogP contribution in [0.5, 0.6) is 17.4 Å². The van der Waals surface area contributed by atoms with Crippen molar-refractivity contribution in [1.29, 1.82) is 0 Å². The van der Waals surface area contributed by atoms with E-state index in [0.717, 1.165) is 61.5 Å². The zero-order valence-corrected chi connectivity index (χ0v) is 23.7. The lowest BCUT2D eigenvalue weighted by molar-refractivity contribution is 0.0612. The van der Waals surface area contributed by atoms with E-state index in [1.165, 1.54) is 18.3 Å². The molecular weight excluding hydrogens is 543 g/mol. The average Bonchev–Trinajstić information content (AvgIpc) is 3.24. The minimum Gasteiger partial charge on any atom is -0.507 e. The molecule has 2 aromatic carbocycles. The number of hydrogen-bond donors (Lipinski definition) is 3. The summed E-state index contributed by atoms with van der Waals surface area (Å²) in [4.78, 5) is 40.9. The summed E-state index contributed by atoms with van der Waals surface area (Å²) < 4.78 is 21.1. The van der Waals surface area contributed by atoms with Gasteiger partial charge in [0.2, 0.25) is 11.5 Å². The van der Waals surface area contributed by atoms with Crippen LogP contribution in [0, 0.1) is 5.82 Å². The first-order valence-corrected chi connectivity index (χ1v) is 13.5. The van der Waals surface area contributed by atoms with E-state index in [4.69, 9.17) is 4.74 Å². The largest absolute Gasteiger partial charge is 0.507 e. The summed E-state index contributed by atoms with van der Waals surface area (Å²) in [6.07, 6.45) is 1.65. The number of hydrogen-bond acceptors (Lipinski definition) is 8. The molecule has 3 N–H and O–H groups in total. The second-order valence-electron chi connectivity index (χ2n) is 11.1. The highest BCUT2D eigenvalue weighted by atomic mass is 19.1. The number of phenols is 1. The van der Waals surface area contributed by atoms with E-state index in [2.05, 4.69) is 37.9 Å². The van der Waals surface area contributed by atoms with Crippen molar-refractivity contribution in [3.63, 3.8) is 0 Å². The van der Waals surface area contributed by atoms with Crippen LogP contribution in [0.2, 0.25) is 0 Å². The Bertz CT molecular complexity index is 1700. The van der Waals surface area contributed by atoms with Crippen LogP contribution in [0.4, 0.5) is 4.39 Å². The van der Waals surface area contributed by atoms with Crippen LogP contribution in [-0.4, -0.2) is 85.6 Å². The molecule has 1 aliphatic rings. The lowest BCUT2D eigenvalue weighted by Crippen LogP contribution is -2.43. The van der Waals surface area contributed by atoms with Crippen molar-refractivity contribution in [2.75, 3.05) is 33.2 Å². The molecule has 1 fully saturated rings. The Morgan fingerprint density at radius 1 is 1.17 bits per heavy atom. The number of H-pyrrole nitrogens is 1. The van der Waals surface area contributed by atoms with Gasteiger partial charge in [0.05, 0.1) is 28.7 Å². The standard InChI is InChI=1S/C30H33FN6O5/c1-30(2,41)18-37-24-12-19(16-36-10-8-35(3)9-11-36)4-5-23(24)33-29(37)34-28(40)20-6-7-32-27(13-20)42-26-15-21(31)14-25(39)22(26)17-38/h4-7,12-15,17,39,41H,8-11,16,18H2,1-3H3,(H,33,34,40). The maximum atomic E-state index is 13.8. The summed E-state index contributed by atoms with van der Waals surface area (Å²) in [5.41, 5.74) is 1.72. The summed E-state index contributed by atoms with van der Waals surface area (Å²) >= 11 is 0. The lowest BCUT2D eigenvalue weighted by atomic mass is 10.1. The minimum absolute atomic E-state index is 0.0984. The third-order valence-electron chi connectivity index (χ3n) is 7.01. The number of benzene rings is 2. The molecular formula is C30H33FN6O5. The predicted molar refractivity (Wildman–Crippen MR) is 153 cm³/mol. The lowest BCUT2D eigenvalue weighted by Gasteiger charge is -2.32. The van der Waals surface area contributed by atoms with E-state index >= 15 is 0 Å². The first-order valence-electron chi connectivity index (χ1n) is 13.5. The van der Waals surface area contributed by atoms with Gasteiger partial charge in [-0.1, -0.05) is 6.07 Å². The van der Waals surface area contributed by atoms with Gasteiger partial charge >= 0.3 is 0 Å². The van der Waals surface area contributed by atoms with Crippen LogP contribution < -0.4 is 10.4 Å². The Kier molecular flexibility index (Phi) is 8.21. The molecule has 0 atom stereocenters. The number of fused-ring (bicyclic) bond motifs is 1. The number of nitrogens with one attached hydrogen (secondary N) is 1. The summed E-state index contributed by atoms with van der Waals surface area (Å²) in [6.45, 7) is 8.33. The van der Waals surface area contributed by atoms with E-state index in [1.54, 1.807) is 18.4 Å². The van der Waals surface area contributed by atoms with Gasteiger partial charge in [0.15, 0.2) is 6.29 Å². The van der Waals surface area contributed by atoms with Crippen molar-refractivity contribution in [2.45, 2.75) is 32.5 Å². The molecule has 0 saturated carbocycles. The van der Waals surface area contributed by atoms with Crippen LogP contribution in [0.3, 0.4) is 0 Å². The molecule has 0 spiro atoms. The van der Waals surface area contributed by atoms with Gasteiger partial charge in [-0.15, -0.1) is 0 Å². The van der Waals surface area contributed by atoms with Gasteiger partial charge in [0.25, 0.3) is 5.91 Å². The van der Waals surface area contributed by atoms with Gasteiger partial charge in [-0.3, -0.25) is 14.5 Å². The zero-order chi connectivity index (χ0) is 30.0. The fourth-order valence-electron chi connectivity index (χ4n) is 4.86. The third kappa shape index (κ3) is 6.73. The van der Waals surface area contributed by atoms with Crippen molar-refractivity contribution in [1.82, 2.24) is 24.3 Å². The molecule has 2 aromatic heterocycles. The average molecular weight is 577 g/mol. The minimum atomic E-state index is -1.09. The molecule has 220 valence electrons. The fourth-order valence-corrected chi connectivity index (χ4v) is 4.86. The molecule has 0 unspecified atom stereocenters. The number of piperazine rings is 1. The number of aldehydes is 1. The first-order chi connectivity index (χ1) is 20.0. The van der Waals surface area contributed by atoms with Gasteiger partial charge in [-0.2, -0.15) is 4.99 Å². The monoisotopic (exact) mass is 576 g/mol. The van der Waals surface area contributed by atoms with Gasteiger partial charge in [0, 0.05) is 62.7 Å². The molecule has 0 radical (unpaired) electrons. The zero-order valence-electron chi connectivity index (χ0n) is 23.7. The van der Waals surface area contributed by atoms with Crippen molar-refractivity contribution in [3.8, 4) is 17.4 Å². The van der Waals surface area contributed by atoms with E-state index in [-0.39, 0.29) is 34.9 Å².